The molecule has 0 spiro atoms. The molecule has 0 bridgehead atoms. The second-order valence-electron chi connectivity index (χ2n) is 4.15. The first-order chi connectivity index (χ1) is 9.95. The van der Waals surface area contributed by atoms with Crippen molar-refractivity contribution in [2.75, 3.05) is 16.8 Å². The normalized spacial score (nSPS) is 10.4. The van der Waals surface area contributed by atoms with E-state index in [4.69, 9.17) is 5.73 Å². The van der Waals surface area contributed by atoms with E-state index in [0.29, 0.717) is 5.75 Å². The summed E-state index contributed by atoms with van der Waals surface area (Å²) in [6.45, 7) is 0. The second-order valence-corrected chi connectivity index (χ2v) is 8.77. The van der Waals surface area contributed by atoms with Crippen molar-refractivity contribution in [2.45, 2.75) is 4.90 Å². The van der Waals surface area contributed by atoms with Crippen LogP contribution in [0, 0.1) is 10.7 Å². The third kappa shape index (κ3) is 5.43. The van der Waals surface area contributed by atoms with Crippen LogP contribution in [0.4, 0.5) is 11.4 Å². The molecule has 1 amide bonds. The number of amides is 1. The summed E-state index contributed by atoms with van der Waals surface area (Å²) in [5.74, 6) is 0.371. The summed E-state index contributed by atoms with van der Waals surface area (Å²) in [6, 6.07) is 11.6. The third-order valence-corrected chi connectivity index (χ3v) is 5.86. The summed E-state index contributed by atoms with van der Waals surface area (Å²) in [5, 5.41) is 2.98. The number of rotatable bonds is 4. The number of nitrogens with two attached hydrogens (primary N) is 1. The second kappa shape index (κ2) is 8.20. The third-order valence-electron chi connectivity index (χ3n) is 2.52. The van der Waals surface area contributed by atoms with Crippen LogP contribution in [0.15, 0.2) is 41.3 Å². The molecule has 21 heavy (non-hydrogen) atoms. The van der Waals surface area contributed by atoms with Crippen LogP contribution in [-0.2, 0) is 4.79 Å². The smallest absolute Gasteiger partial charge is 0.234 e. The lowest BCUT2D eigenvalue weighted by atomic mass is 10.3. The number of nitrogen functional groups attached to an aromatic ring is 1. The molecule has 0 aromatic heterocycles. The average Bonchev–Trinajstić information content (AvgIpc) is 2.42. The summed E-state index contributed by atoms with van der Waals surface area (Å²) in [7, 11) is 0. The van der Waals surface area contributed by atoms with E-state index in [0.717, 1.165) is 27.0 Å². The molecule has 0 radical (unpaired) electrons. The fourth-order valence-electron chi connectivity index (χ4n) is 1.55. The predicted octanol–water partition coefficient (Wildman–Crippen LogP) is 4.81. The number of thioether (sulfide) groups is 1. The van der Waals surface area contributed by atoms with Gasteiger partial charge in [0.2, 0.25) is 5.91 Å². The Morgan fingerprint density at radius 3 is 2.24 bits per heavy atom. The summed E-state index contributed by atoms with van der Waals surface area (Å²) in [6.07, 6.45) is 0. The van der Waals surface area contributed by atoms with E-state index < -0.39 is 0 Å². The topological polar surface area (TPSA) is 55.1 Å². The molecule has 0 heterocycles. The maximum Gasteiger partial charge on any atom is 0.234 e. The van der Waals surface area contributed by atoms with Crippen LogP contribution < -0.4 is 11.1 Å². The van der Waals surface area contributed by atoms with Crippen molar-refractivity contribution < 1.29 is 4.79 Å². The molecule has 0 unspecified atom stereocenters. The minimum Gasteiger partial charge on any atom is -0.399 e. The zero-order valence-corrected chi connectivity index (χ0v) is 18.0. The summed E-state index contributed by atoms with van der Waals surface area (Å²) in [4.78, 5) is 13.1. The number of carbonyl (C=O) groups excluding carboxylic acids is 1. The van der Waals surface area contributed by atoms with Crippen molar-refractivity contribution >= 4 is 96.8 Å². The number of hydrogen-bond acceptors (Lipinski definition) is 3. The Hall–Kier alpha value is 0.250. The van der Waals surface area contributed by atoms with Gasteiger partial charge in [0.15, 0.2) is 0 Å². The number of halogens is 3. The van der Waals surface area contributed by atoms with Gasteiger partial charge in [-0.25, -0.2) is 0 Å². The molecule has 110 valence electrons. The molecular formula is C14H11I3N2OS. The summed E-state index contributed by atoms with van der Waals surface area (Å²) in [5.41, 5.74) is 7.26. The van der Waals surface area contributed by atoms with E-state index in [1.807, 2.05) is 36.4 Å². The van der Waals surface area contributed by atoms with E-state index in [2.05, 4.69) is 73.1 Å². The maximum absolute atomic E-state index is 12.1. The largest absolute Gasteiger partial charge is 0.399 e. The van der Waals surface area contributed by atoms with Crippen molar-refractivity contribution in [3.05, 3.63) is 47.1 Å². The molecule has 0 aliphatic heterocycles. The van der Waals surface area contributed by atoms with Crippen LogP contribution in [0.5, 0.6) is 0 Å². The molecule has 2 aromatic rings. The van der Waals surface area contributed by atoms with Gasteiger partial charge in [-0.1, -0.05) is 0 Å². The standard InChI is InChI=1S/C14H11I3N2OS/c15-8-5-11(16)14(12(17)6-8)19-13(20)7-21-10-3-1-9(18)2-4-10/h1-6H,7,18H2,(H,19,20). The Labute approximate surface area is 168 Å². The first kappa shape index (κ1) is 17.6. The molecule has 0 aliphatic carbocycles. The Morgan fingerprint density at radius 2 is 1.67 bits per heavy atom. The Bertz CT molecular complexity index is 639. The number of carbonyl (C=O) groups is 1. The fraction of sp³-hybridized carbons (Fsp3) is 0.0714. The Kier molecular flexibility index (Phi) is 6.87. The highest BCUT2D eigenvalue weighted by Crippen LogP contribution is 2.28. The molecule has 3 nitrogen and oxygen atoms in total. The van der Waals surface area contributed by atoms with Crippen molar-refractivity contribution in [3.8, 4) is 0 Å². The van der Waals surface area contributed by atoms with Crippen LogP contribution in [0.1, 0.15) is 0 Å². The summed E-state index contributed by atoms with van der Waals surface area (Å²) < 4.78 is 3.26. The molecule has 0 aliphatic rings. The minimum absolute atomic E-state index is 0.00568. The van der Waals surface area contributed by atoms with E-state index >= 15 is 0 Å². The molecule has 2 rings (SSSR count). The zero-order valence-electron chi connectivity index (χ0n) is 10.7. The fourth-order valence-corrected chi connectivity index (χ4v) is 6.10. The molecule has 7 heteroatoms. The number of anilines is 2. The molecule has 0 saturated heterocycles. The van der Waals surface area contributed by atoms with Crippen LogP contribution in [-0.4, -0.2) is 11.7 Å². The minimum atomic E-state index is -0.00568. The lowest BCUT2D eigenvalue weighted by Crippen LogP contribution is -2.16. The van der Waals surface area contributed by atoms with E-state index in [9.17, 15) is 4.79 Å². The molecule has 3 N–H and O–H groups in total. The van der Waals surface area contributed by atoms with E-state index in [1.165, 1.54) is 11.8 Å². The SMILES string of the molecule is Nc1ccc(SCC(=O)Nc2c(I)cc(I)cc2I)cc1. The Balaban J connectivity index is 1.97. The highest BCUT2D eigenvalue weighted by molar-refractivity contribution is 14.1. The van der Waals surface area contributed by atoms with Gasteiger partial charge in [-0.3, -0.25) is 4.79 Å². The van der Waals surface area contributed by atoms with Crippen LogP contribution in [0.3, 0.4) is 0 Å². The van der Waals surface area contributed by atoms with Gasteiger partial charge in [0, 0.05) is 21.3 Å². The number of benzene rings is 2. The van der Waals surface area contributed by atoms with Crippen molar-refractivity contribution in [1.29, 1.82) is 0 Å². The van der Waals surface area contributed by atoms with Gasteiger partial charge < -0.3 is 11.1 Å². The molecule has 0 saturated carbocycles. The van der Waals surface area contributed by atoms with Crippen molar-refractivity contribution in [1.82, 2.24) is 0 Å². The highest BCUT2D eigenvalue weighted by atomic mass is 127. The van der Waals surface area contributed by atoms with Crippen molar-refractivity contribution in [3.63, 3.8) is 0 Å². The number of hydrogen-bond donors (Lipinski definition) is 2. The zero-order chi connectivity index (χ0) is 15.4. The average molecular weight is 636 g/mol. The monoisotopic (exact) mass is 636 g/mol. The van der Waals surface area contributed by atoms with Gasteiger partial charge >= 0.3 is 0 Å². The highest BCUT2D eigenvalue weighted by Gasteiger charge is 2.10. The van der Waals surface area contributed by atoms with Gasteiger partial charge in [-0.05, 0) is 104 Å². The first-order valence-electron chi connectivity index (χ1n) is 5.88. The quantitative estimate of drug-likeness (QED) is 0.288. The summed E-state index contributed by atoms with van der Waals surface area (Å²) >= 11 is 8.26. The molecule has 2 aromatic carbocycles. The van der Waals surface area contributed by atoms with Crippen LogP contribution >= 0.6 is 79.5 Å². The van der Waals surface area contributed by atoms with Crippen LogP contribution in [0.2, 0.25) is 0 Å². The molecular weight excluding hydrogens is 625 g/mol. The van der Waals surface area contributed by atoms with Gasteiger partial charge in [0.25, 0.3) is 0 Å². The predicted molar refractivity (Wildman–Crippen MR) is 115 cm³/mol. The van der Waals surface area contributed by atoms with Crippen molar-refractivity contribution in [2.24, 2.45) is 0 Å². The van der Waals surface area contributed by atoms with Crippen LogP contribution in [0.25, 0.3) is 0 Å². The van der Waals surface area contributed by atoms with Gasteiger partial charge in [0.1, 0.15) is 0 Å². The molecule has 0 atom stereocenters. The van der Waals surface area contributed by atoms with E-state index in [1.54, 1.807) is 0 Å². The Morgan fingerprint density at radius 1 is 1.10 bits per heavy atom. The van der Waals surface area contributed by atoms with Gasteiger partial charge in [0.05, 0.1) is 11.4 Å². The van der Waals surface area contributed by atoms with E-state index in [-0.39, 0.29) is 5.91 Å². The first-order valence-corrected chi connectivity index (χ1v) is 10.1. The molecule has 0 fully saturated rings. The van der Waals surface area contributed by atoms with Gasteiger partial charge in [-0.2, -0.15) is 0 Å². The maximum atomic E-state index is 12.1. The van der Waals surface area contributed by atoms with Gasteiger partial charge in [-0.15, -0.1) is 11.8 Å². The lowest BCUT2D eigenvalue weighted by Gasteiger charge is -2.10. The lowest BCUT2D eigenvalue weighted by molar-refractivity contribution is -0.113. The number of nitrogens with one attached hydrogen (secondary N) is 1.